The van der Waals surface area contributed by atoms with Crippen LogP contribution in [0.15, 0.2) is 10.7 Å². The largest absolute Gasteiger partial charge is 0.445 e. The number of carbonyl (C=O) groups is 1. The van der Waals surface area contributed by atoms with Crippen LogP contribution in [0.3, 0.4) is 0 Å². The Morgan fingerprint density at radius 2 is 2.21 bits per heavy atom. The summed E-state index contributed by atoms with van der Waals surface area (Å²) >= 11 is 0. The molecular formula is C20H24N6O3. The number of aromatic nitrogens is 5. The van der Waals surface area contributed by atoms with Gasteiger partial charge in [0.05, 0.1) is 19.1 Å². The lowest BCUT2D eigenvalue weighted by atomic mass is 10.1. The number of ether oxygens (including phenoxy) is 1. The van der Waals surface area contributed by atoms with E-state index in [1.54, 1.807) is 4.52 Å². The number of rotatable bonds is 4. The molecule has 1 fully saturated rings. The fourth-order valence-corrected chi connectivity index (χ4v) is 4.24. The molecule has 1 atom stereocenters. The van der Waals surface area contributed by atoms with Crippen LogP contribution in [-0.4, -0.2) is 55.1 Å². The number of hydrogen-bond acceptors (Lipinski definition) is 7. The van der Waals surface area contributed by atoms with E-state index >= 15 is 0 Å². The van der Waals surface area contributed by atoms with Crippen LogP contribution in [0.5, 0.6) is 0 Å². The van der Waals surface area contributed by atoms with Crippen LogP contribution >= 0.6 is 0 Å². The summed E-state index contributed by atoms with van der Waals surface area (Å²) in [6, 6.07) is 0. The third kappa shape index (κ3) is 3.29. The highest BCUT2D eigenvalue weighted by Gasteiger charge is 2.29. The molecule has 0 saturated carbocycles. The second-order valence-electron chi connectivity index (χ2n) is 7.78. The van der Waals surface area contributed by atoms with Crippen molar-refractivity contribution in [3.63, 3.8) is 0 Å². The van der Waals surface area contributed by atoms with Gasteiger partial charge in [0.2, 0.25) is 5.91 Å². The molecular weight excluding hydrogens is 372 g/mol. The van der Waals surface area contributed by atoms with E-state index in [-0.39, 0.29) is 11.8 Å². The van der Waals surface area contributed by atoms with E-state index in [4.69, 9.17) is 9.15 Å². The molecule has 0 aliphatic carbocycles. The van der Waals surface area contributed by atoms with Crippen LogP contribution in [0.4, 0.5) is 0 Å². The summed E-state index contributed by atoms with van der Waals surface area (Å²) in [6.07, 6.45) is 4.22. The number of oxazole rings is 1. The molecule has 152 valence electrons. The normalized spacial score (nSPS) is 19.1. The van der Waals surface area contributed by atoms with Gasteiger partial charge in [-0.15, -0.1) is 0 Å². The average molecular weight is 396 g/mol. The Morgan fingerprint density at radius 1 is 1.31 bits per heavy atom. The van der Waals surface area contributed by atoms with Gasteiger partial charge in [0.1, 0.15) is 17.8 Å². The lowest BCUT2D eigenvalue weighted by Gasteiger charge is -2.25. The SMILES string of the molecule is Cc1nc2ncnn2c(C)c1CCC(=O)N1CCc2oc(C3CCOC3)nc2C1. The van der Waals surface area contributed by atoms with E-state index in [0.29, 0.717) is 44.7 Å². The predicted molar refractivity (Wildman–Crippen MR) is 102 cm³/mol. The van der Waals surface area contributed by atoms with E-state index in [0.717, 1.165) is 47.3 Å². The highest BCUT2D eigenvalue weighted by molar-refractivity contribution is 5.76. The van der Waals surface area contributed by atoms with Gasteiger partial charge in [0.25, 0.3) is 5.78 Å². The van der Waals surface area contributed by atoms with Gasteiger partial charge >= 0.3 is 0 Å². The molecule has 2 aliphatic heterocycles. The van der Waals surface area contributed by atoms with Crippen LogP contribution in [0.25, 0.3) is 5.78 Å². The molecule has 1 saturated heterocycles. The minimum atomic E-state index is 0.127. The van der Waals surface area contributed by atoms with Gasteiger partial charge in [0.15, 0.2) is 5.89 Å². The zero-order valence-corrected chi connectivity index (χ0v) is 16.7. The molecule has 0 bridgehead atoms. The fourth-order valence-electron chi connectivity index (χ4n) is 4.24. The summed E-state index contributed by atoms with van der Waals surface area (Å²) in [5.41, 5.74) is 3.83. The van der Waals surface area contributed by atoms with Crippen molar-refractivity contribution in [3.05, 3.63) is 40.6 Å². The first-order chi connectivity index (χ1) is 14.1. The van der Waals surface area contributed by atoms with Crippen molar-refractivity contribution in [1.82, 2.24) is 29.5 Å². The zero-order chi connectivity index (χ0) is 20.0. The maximum absolute atomic E-state index is 12.9. The van der Waals surface area contributed by atoms with Gasteiger partial charge in [-0.05, 0) is 32.3 Å². The summed E-state index contributed by atoms with van der Waals surface area (Å²) in [5.74, 6) is 2.65. The second-order valence-corrected chi connectivity index (χ2v) is 7.78. The highest BCUT2D eigenvalue weighted by Crippen LogP contribution is 2.29. The maximum atomic E-state index is 12.9. The summed E-state index contributed by atoms with van der Waals surface area (Å²) in [7, 11) is 0. The average Bonchev–Trinajstić information content (AvgIpc) is 3.46. The van der Waals surface area contributed by atoms with Crippen molar-refractivity contribution in [2.75, 3.05) is 19.8 Å². The number of aryl methyl sites for hydroxylation is 2. The summed E-state index contributed by atoms with van der Waals surface area (Å²) in [6.45, 7) is 6.57. The minimum Gasteiger partial charge on any atom is -0.445 e. The molecule has 3 aromatic rings. The minimum absolute atomic E-state index is 0.127. The van der Waals surface area contributed by atoms with Crippen molar-refractivity contribution < 1.29 is 13.9 Å². The highest BCUT2D eigenvalue weighted by atomic mass is 16.5. The lowest BCUT2D eigenvalue weighted by molar-refractivity contribution is -0.132. The van der Waals surface area contributed by atoms with E-state index in [2.05, 4.69) is 20.1 Å². The molecule has 0 aromatic carbocycles. The molecule has 1 unspecified atom stereocenters. The molecule has 9 nitrogen and oxygen atoms in total. The zero-order valence-electron chi connectivity index (χ0n) is 16.7. The lowest BCUT2D eigenvalue weighted by Crippen LogP contribution is -2.36. The summed E-state index contributed by atoms with van der Waals surface area (Å²) in [4.78, 5) is 28.1. The Hall–Kier alpha value is -2.81. The number of hydrogen-bond donors (Lipinski definition) is 0. The van der Waals surface area contributed by atoms with Crippen molar-refractivity contribution in [2.45, 2.75) is 52.0 Å². The van der Waals surface area contributed by atoms with Gasteiger partial charge in [-0.3, -0.25) is 4.79 Å². The van der Waals surface area contributed by atoms with Crippen LogP contribution < -0.4 is 0 Å². The van der Waals surface area contributed by atoms with Gasteiger partial charge in [0, 0.05) is 37.4 Å². The first-order valence-corrected chi connectivity index (χ1v) is 10.1. The molecule has 9 heteroatoms. The van der Waals surface area contributed by atoms with Gasteiger partial charge in [-0.2, -0.15) is 10.1 Å². The van der Waals surface area contributed by atoms with Gasteiger partial charge in [-0.25, -0.2) is 14.5 Å². The van der Waals surface area contributed by atoms with E-state index in [9.17, 15) is 4.79 Å². The summed E-state index contributed by atoms with van der Waals surface area (Å²) < 4.78 is 13.1. The van der Waals surface area contributed by atoms with Crippen molar-refractivity contribution in [3.8, 4) is 0 Å². The molecule has 5 rings (SSSR count). The molecule has 0 spiro atoms. The first kappa shape index (κ1) is 18.2. The van der Waals surface area contributed by atoms with E-state index < -0.39 is 0 Å². The molecule has 0 radical (unpaired) electrons. The maximum Gasteiger partial charge on any atom is 0.252 e. The van der Waals surface area contributed by atoms with Crippen LogP contribution in [0.2, 0.25) is 0 Å². The van der Waals surface area contributed by atoms with Gasteiger partial charge < -0.3 is 14.1 Å². The standard InChI is InChI=1S/C20H24N6O3/c1-12-15(13(2)26-20(23-12)21-11-22-26)3-4-18(27)25-7-5-17-16(9-25)24-19(29-17)14-6-8-28-10-14/h11,14H,3-10H2,1-2H3. The number of fused-ring (bicyclic) bond motifs is 2. The Kier molecular flexibility index (Phi) is 4.54. The quantitative estimate of drug-likeness (QED) is 0.662. The van der Waals surface area contributed by atoms with Crippen molar-refractivity contribution in [1.29, 1.82) is 0 Å². The third-order valence-electron chi connectivity index (χ3n) is 5.95. The summed E-state index contributed by atoms with van der Waals surface area (Å²) in [5, 5.41) is 4.22. The van der Waals surface area contributed by atoms with Crippen molar-refractivity contribution in [2.24, 2.45) is 0 Å². The monoisotopic (exact) mass is 396 g/mol. The molecule has 1 amide bonds. The topological polar surface area (TPSA) is 98.7 Å². The molecule has 5 heterocycles. The smallest absolute Gasteiger partial charge is 0.252 e. The van der Waals surface area contributed by atoms with E-state index in [1.807, 2.05) is 18.7 Å². The Labute approximate surface area is 168 Å². The first-order valence-electron chi connectivity index (χ1n) is 10.1. The third-order valence-corrected chi connectivity index (χ3v) is 5.95. The van der Waals surface area contributed by atoms with Crippen LogP contribution in [-0.2, 0) is 28.9 Å². The predicted octanol–water partition coefficient (Wildman–Crippen LogP) is 1.75. The number of amides is 1. The Morgan fingerprint density at radius 3 is 3.03 bits per heavy atom. The second kappa shape index (κ2) is 7.22. The van der Waals surface area contributed by atoms with Crippen LogP contribution in [0.1, 0.15) is 53.1 Å². The van der Waals surface area contributed by atoms with Gasteiger partial charge in [-0.1, -0.05) is 0 Å². The molecule has 2 aliphatic rings. The molecule has 29 heavy (non-hydrogen) atoms. The fraction of sp³-hybridized carbons (Fsp3) is 0.550. The molecule has 0 N–H and O–H groups in total. The van der Waals surface area contributed by atoms with Crippen molar-refractivity contribution >= 4 is 11.7 Å². The number of carbonyl (C=O) groups excluding carboxylic acids is 1. The number of nitrogens with zero attached hydrogens (tertiary/aromatic N) is 6. The Bertz CT molecular complexity index is 1070. The molecule has 3 aromatic heterocycles. The van der Waals surface area contributed by atoms with Crippen LogP contribution in [0, 0.1) is 13.8 Å². The Balaban J connectivity index is 1.26. The van der Waals surface area contributed by atoms with E-state index in [1.165, 1.54) is 6.33 Å².